The summed E-state index contributed by atoms with van der Waals surface area (Å²) in [6.07, 6.45) is 0. The minimum absolute atomic E-state index is 0.0371. The standard InChI is InChI=1S/C20H22Cl2N2O3/c1-26-14-6-7-15(19(12-14)27-2)20(25)24-10-8-23(9-11-24)13-16-17(21)4-3-5-18(16)22/h3-7,12H,8-11,13H2,1-2H3. The fraction of sp³-hybridized carbons (Fsp3) is 0.350. The van der Waals surface area contributed by atoms with Gasteiger partial charge >= 0.3 is 0 Å². The van der Waals surface area contributed by atoms with Crippen molar-refractivity contribution in [3.05, 3.63) is 57.6 Å². The van der Waals surface area contributed by atoms with E-state index in [-0.39, 0.29) is 5.91 Å². The lowest BCUT2D eigenvalue weighted by Gasteiger charge is -2.35. The van der Waals surface area contributed by atoms with Crippen molar-refractivity contribution < 1.29 is 14.3 Å². The first-order chi connectivity index (χ1) is 13.0. The van der Waals surface area contributed by atoms with Gasteiger partial charge in [-0.2, -0.15) is 0 Å². The van der Waals surface area contributed by atoms with Gasteiger partial charge in [0.1, 0.15) is 11.5 Å². The highest BCUT2D eigenvalue weighted by atomic mass is 35.5. The molecule has 5 nitrogen and oxygen atoms in total. The number of hydrogen-bond acceptors (Lipinski definition) is 4. The Bertz CT molecular complexity index is 801. The highest BCUT2D eigenvalue weighted by molar-refractivity contribution is 6.35. The van der Waals surface area contributed by atoms with Crippen LogP contribution in [0.2, 0.25) is 10.0 Å². The molecule has 27 heavy (non-hydrogen) atoms. The monoisotopic (exact) mass is 408 g/mol. The van der Waals surface area contributed by atoms with Crippen LogP contribution in [-0.2, 0) is 6.54 Å². The number of carbonyl (C=O) groups is 1. The van der Waals surface area contributed by atoms with Gasteiger partial charge < -0.3 is 14.4 Å². The maximum atomic E-state index is 12.9. The molecule has 0 unspecified atom stereocenters. The molecular formula is C20H22Cl2N2O3. The Morgan fingerprint density at radius 1 is 1.00 bits per heavy atom. The molecule has 1 amide bonds. The SMILES string of the molecule is COc1ccc(C(=O)N2CCN(Cc3c(Cl)cccc3Cl)CC2)c(OC)c1. The second-order valence-electron chi connectivity index (χ2n) is 6.33. The second-order valence-corrected chi connectivity index (χ2v) is 7.15. The Labute approximate surface area is 169 Å². The molecule has 0 saturated carbocycles. The number of piperazine rings is 1. The Morgan fingerprint density at radius 3 is 2.26 bits per heavy atom. The number of rotatable bonds is 5. The van der Waals surface area contributed by atoms with E-state index in [1.165, 1.54) is 0 Å². The third-order valence-corrected chi connectivity index (χ3v) is 5.45. The van der Waals surface area contributed by atoms with Crippen molar-refractivity contribution in [3.8, 4) is 11.5 Å². The molecule has 1 aliphatic heterocycles. The first-order valence-electron chi connectivity index (χ1n) is 8.70. The van der Waals surface area contributed by atoms with Crippen LogP contribution in [0.3, 0.4) is 0 Å². The molecule has 0 aliphatic carbocycles. The van der Waals surface area contributed by atoms with Crippen molar-refractivity contribution in [2.75, 3.05) is 40.4 Å². The molecule has 3 rings (SSSR count). The molecule has 0 aromatic heterocycles. The number of benzene rings is 2. The zero-order valence-corrected chi connectivity index (χ0v) is 16.9. The maximum absolute atomic E-state index is 12.9. The van der Waals surface area contributed by atoms with Crippen molar-refractivity contribution >= 4 is 29.1 Å². The van der Waals surface area contributed by atoms with E-state index in [2.05, 4.69) is 4.90 Å². The number of nitrogens with zero attached hydrogens (tertiary/aromatic N) is 2. The quantitative estimate of drug-likeness (QED) is 0.750. The topological polar surface area (TPSA) is 42.0 Å². The fourth-order valence-corrected chi connectivity index (χ4v) is 3.68. The van der Waals surface area contributed by atoms with Gasteiger partial charge in [-0.1, -0.05) is 29.3 Å². The molecule has 2 aromatic rings. The van der Waals surface area contributed by atoms with Crippen LogP contribution in [0.1, 0.15) is 15.9 Å². The van der Waals surface area contributed by atoms with Crippen LogP contribution in [0, 0.1) is 0 Å². The van der Waals surface area contributed by atoms with Gasteiger partial charge in [0.15, 0.2) is 0 Å². The maximum Gasteiger partial charge on any atom is 0.257 e. The molecule has 1 aliphatic rings. The molecule has 0 radical (unpaired) electrons. The Balaban J connectivity index is 1.64. The molecule has 1 saturated heterocycles. The third kappa shape index (κ3) is 4.49. The van der Waals surface area contributed by atoms with E-state index in [1.54, 1.807) is 32.4 Å². The predicted octanol–water partition coefficient (Wildman–Crippen LogP) is 3.97. The van der Waals surface area contributed by atoms with Crippen LogP contribution < -0.4 is 9.47 Å². The van der Waals surface area contributed by atoms with Crippen LogP contribution in [0.5, 0.6) is 11.5 Å². The van der Waals surface area contributed by atoms with Crippen LogP contribution in [0.4, 0.5) is 0 Å². The van der Waals surface area contributed by atoms with E-state index in [1.807, 2.05) is 23.1 Å². The first kappa shape index (κ1) is 19.8. The highest BCUT2D eigenvalue weighted by Gasteiger charge is 2.25. The summed E-state index contributed by atoms with van der Waals surface area (Å²) >= 11 is 12.5. The number of ether oxygens (including phenoxy) is 2. The second kappa shape index (κ2) is 8.83. The minimum Gasteiger partial charge on any atom is -0.497 e. The van der Waals surface area contributed by atoms with Gasteiger partial charge in [0.2, 0.25) is 0 Å². The molecule has 2 aromatic carbocycles. The molecule has 1 fully saturated rings. The van der Waals surface area contributed by atoms with Crippen molar-refractivity contribution in [2.45, 2.75) is 6.54 Å². The number of methoxy groups -OCH3 is 2. The van der Waals surface area contributed by atoms with Gasteiger partial charge in [0, 0.05) is 54.4 Å². The van der Waals surface area contributed by atoms with Gasteiger partial charge in [-0.25, -0.2) is 0 Å². The van der Waals surface area contributed by atoms with E-state index in [9.17, 15) is 4.79 Å². The number of hydrogen-bond donors (Lipinski definition) is 0. The van der Waals surface area contributed by atoms with Crippen molar-refractivity contribution in [1.82, 2.24) is 9.80 Å². The van der Waals surface area contributed by atoms with Crippen LogP contribution in [0.25, 0.3) is 0 Å². The molecule has 1 heterocycles. The van der Waals surface area contributed by atoms with E-state index in [4.69, 9.17) is 32.7 Å². The summed E-state index contributed by atoms with van der Waals surface area (Å²) in [5, 5.41) is 1.34. The summed E-state index contributed by atoms with van der Waals surface area (Å²) in [5.74, 6) is 1.14. The summed E-state index contributed by atoms with van der Waals surface area (Å²) in [6.45, 7) is 3.45. The average molecular weight is 409 g/mol. The fourth-order valence-electron chi connectivity index (χ4n) is 3.16. The van der Waals surface area contributed by atoms with Crippen molar-refractivity contribution in [2.24, 2.45) is 0 Å². The van der Waals surface area contributed by atoms with Gasteiger partial charge in [-0.15, -0.1) is 0 Å². The van der Waals surface area contributed by atoms with Gasteiger partial charge in [-0.05, 0) is 24.3 Å². The first-order valence-corrected chi connectivity index (χ1v) is 9.45. The molecule has 0 spiro atoms. The van der Waals surface area contributed by atoms with Crippen LogP contribution in [0.15, 0.2) is 36.4 Å². The average Bonchev–Trinajstić information content (AvgIpc) is 2.70. The normalized spacial score (nSPS) is 14.9. The largest absolute Gasteiger partial charge is 0.497 e. The Hall–Kier alpha value is -1.95. The summed E-state index contributed by atoms with van der Waals surface area (Å²) < 4.78 is 10.6. The lowest BCUT2D eigenvalue weighted by molar-refractivity contribution is 0.0625. The zero-order valence-electron chi connectivity index (χ0n) is 15.4. The van der Waals surface area contributed by atoms with Crippen molar-refractivity contribution in [1.29, 1.82) is 0 Å². The smallest absolute Gasteiger partial charge is 0.257 e. The highest BCUT2D eigenvalue weighted by Crippen LogP contribution is 2.28. The van der Waals surface area contributed by atoms with E-state index >= 15 is 0 Å². The molecule has 144 valence electrons. The summed E-state index contributed by atoms with van der Waals surface area (Å²) in [5.41, 5.74) is 1.47. The molecule has 0 bridgehead atoms. The van der Waals surface area contributed by atoms with E-state index in [0.717, 1.165) is 18.7 Å². The zero-order chi connectivity index (χ0) is 19.4. The van der Waals surface area contributed by atoms with Crippen LogP contribution in [-0.4, -0.2) is 56.1 Å². The van der Waals surface area contributed by atoms with Gasteiger partial charge in [-0.3, -0.25) is 9.69 Å². The minimum atomic E-state index is -0.0371. The Morgan fingerprint density at radius 2 is 1.67 bits per heavy atom. The molecule has 0 atom stereocenters. The molecule has 7 heteroatoms. The molecular weight excluding hydrogens is 387 g/mol. The molecule has 0 N–H and O–H groups in total. The lowest BCUT2D eigenvalue weighted by atomic mass is 10.1. The van der Waals surface area contributed by atoms with Crippen molar-refractivity contribution in [3.63, 3.8) is 0 Å². The lowest BCUT2D eigenvalue weighted by Crippen LogP contribution is -2.48. The van der Waals surface area contributed by atoms with Crippen LogP contribution >= 0.6 is 23.2 Å². The van der Waals surface area contributed by atoms with Gasteiger partial charge in [0.05, 0.1) is 19.8 Å². The Kier molecular flexibility index (Phi) is 6.47. The predicted molar refractivity (Wildman–Crippen MR) is 107 cm³/mol. The number of carbonyl (C=O) groups excluding carboxylic acids is 1. The number of amides is 1. The van der Waals surface area contributed by atoms with Gasteiger partial charge in [0.25, 0.3) is 5.91 Å². The van der Waals surface area contributed by atoms with E-state index < -0.39 is 0 Å². The van der Waals surface area contributed by atoms with E-state index in [0.29, 0.717) is 46.7 Å². The third-order valence-electron chi connectivity index (χ3n) is 4.74. The summed E-state index contributed by atoms with van der Waals surface area (Å²) in [7, 11) is 3.14. The summed E-state index contributed by atoms with van der Waals surface area (Å²) in [4.78, 5) is 17.0. The summed E-state index contributed by atoms with van der Waals surface area (Å²) in [6, 6.07) is 10.8. The number of halogens is 2.